The van der Waals surface area contributed by atoms with Gasteiger partial charge in [0.2, 0.25) is 0 Å². The summed E-state index contributed by atoms with van der Waals surface area (Å²) in [6.07, 6.45) is 3.56. The molecule has 0 saturated carbocycles. The summed E-state index contributed by atoms with van der Waals surface area (Å²) < 4.78 is 0. The number of carbonyl (C=O) groups is 1. The molecule has 0 heterocycles. The molecule has 3 heteroatoms. The number of rotatable bonds is 7. The predicted octanol–water partition coefficient (Wildman–Crippen LogP) is 2.82. The Hall–Kier alpha value is -1.61. The zero-order chi connectivity index (χ0) is 14.7. The Morgan fingerprint density at radius 2 is 1.89 bits per heavy atom. The van der Waals surface area contributed by atoms with Gasteiger partial charge in [0, 0.05) is 12.1 Å². The van der Waals surface area contributed by atoms with Gasteiger partial charge >= 0.3 is 0 Å². The average molecular weight is 263 g/mol. The molecule has 0 aliphatic carbocycles. The molecule has 0 spiro atoms. The highest BCUT2D eigenvalue weighted by Gasteiger charge is 2.07. The minimum Gasteiger partial charge on any atom is -0.508 e. The van der Waals surface area contributed by atoms with Gasteiger partial charge in [0.15, 0.2) is 0 Å². The summed E-state index contributed by atoms with van der Waals surface area (Å²) in [6, 6.07) is 5.77. The molecule has 0 aliphatic rings. The Bertz CT molecular complexity index is 373. The van der Waals surface area contributed by atoms with Crippen LogP contribution in [0.5, 0.6) is 5.75 Å². The second kappa shape index (κ2) is 10.3. The lowest BCUT2D eigenvalue weighted by Gasteiger charge is -2.19. The second-order valence-electron chi connectivity index (χ2n) is 4.18. The molecule has 1 rings (SSSR count). The van der Waals surface area contributed by atoms with E-state index in [0.29, 0.717) is 5.75 Å². The molecule has 0 atom stereocenters. The molecule has 0 aliphatic heterocycles. The Morgan fingerprint density at radius 3 is 2.42 bits per heavy atom. The lowest BCUT2D eigenvalue weighted by Crippen LogP contribution is -2.25. The van der Waals surface area contributed by atoms with Crippen molar-refractivity contribution in [3.05, 3.63) is 42.0 Å². The van der Waals surface area contributed by atoms with Gasteiger partial charge in [-0.05, 0) is 37.6 Å². The van der Waals surface area contributed by atoms with Crippen LogP contribution in [0.15, 0.2) is 30.9 Å². The van der Waals surface area contributed by atoms with Gasteiger partial charge in [-0.2, -0.15) is 0 Å². The smallest absolute Gasteiger partial charge is 0.119 e. The normalized spacial score (nSPS) is 9.84. The molecule has 19 heavy (non-hydrogen) atoms. The number of aromatic hydroxyl groups is 1. The molecule has 0 radical (unpaired) electrons. The van der Waals surface area contributed by atoms with Gasteiger partial charge in [0.25, 0.3) is 0 Å². The summed E-state index contributed by atoms with van der Waals surface area (Å²) >= 11 is 0. The van der Waals surface area contributed by atoms with E-state index in [2.05, 4.69) is 31.4 Å². The van der Waals surface area contributed by atoms with Crippen molar-refractivity contribution in [1.29, 1.82) is 0 Å². The van der Waals surface area contributed by atoms with Crippen molar-refractivity contribution in [2.45, 2.75) is 26.7 Å². The maximum absolute atomic E-state index is 9.84. The van der Waals surface area contributed by atoms with E-state index in [1.807, 2.05) is 18.9 Å². The topological polar surface area (TPSA) is 40.5 Å². The molecule has 0 amide bonds. The molecular weight excluding hydrogens is 238 g/mol. The van der Waals surface area contributed by atoms with Crippen molar-refractivity contribution >= 4 is 6.79 Å². The van der Waals surface area contributed by atoms with E-state index in [9.17, 15) is 5.11 Å². The number of allylic oxidation sites excluding steroid dienone is 1. The summed E-state index contributed by atoms with van der Waals surface area (Å²) in [5.74, 6) is 0.391. The van der Waals surface area contributed by atoms with Gasteiger partial charge in [-0.25, -0.2) is 0 Å². The number of phenols is 1. The summed E-state index contributed by atoms with van der Waals surface area (Å²) in [7, 11) is 0. The van der Waals surface area contributed by atoms with Gasteiger partial charge in [0.1, 0.15) is 12.5 Å². The third-order valence-corrected chi connectivity index (χ3v) is 3.19. The van der Waals surface area contributed by atoms with E-state index in [1.54, 1.807) is 6.07 Å². The minimum atomic E-state index is 0.391. The van der Waals surface area contributed by atoms with Crippen LogP contribution in [-0.2, 0) is 17.6 Å². The van der Waals surface area contributed by atoms with Crippen LogP contribution in [0, 0.1) is 0 Å². The van der Waals surface area contributed by atoms with Crippen LogP contribution in [0.1, 0.15) is 25.0 Å². The largest absolute Gasteiger partial charge is 0.508 e. The predicted molar refractivity (Wildman–Crippen MR) is 80.6 cm³/mol. The number of carbonyl (C=O) groups excluding carboxylic acids is 1. The number of phenolic OH excluding ortho intramolecular Hbond substituents is 1. The SMILES string of the molecule is C=CCc1c(O)cccc1CCN(CC)CC.C=O. The first kappa shape index (κ1) is 17.4. The van der Waals surface area contributed by atoms with Crippen molar-refractivity contribution in [2.75, 3.05) is 19.6 Å². The maximum atomic E-state index is 9.84. The number of hydrogen-bond acceptors (Lipinski definition) is 3. The fourth-order valence-corrected chi connectivity index (χ4v) is 2.05. The Balaban J connectivity index is 0.00000154. The Morgan fingerprint density at radius 1 is 1.26 bits per heavy atom. The number of likely N-dealkylation sites (N-methyl/N-ethyl adjacent to an activating group) is 1. The van der Waals surface area contributed by atoms with Crippen molar-refractivity contribution in [2.24, 2.45) is 0 Å². The van der Waals surface area contributed by atoms with Crippen LogP contribution in [0.3, 0.4) is 0 Å². The van der Waals surface area contributed by atoms with E-state index in [4.69, 9.17) is 4.79 Å². The molecule has 1 aromatic carbocycles. The van der Waals surface area contributed by atoms with Crippen LogP contribution in [0.4, 0.5) is 0 Å². The Labute approximate surface area is 116 Å². The molecule has 1 aromatic rings. The van der Waals surface area contributed by atoms with Gasteiger partial charge in [-0.15, -0.1) is 6.58 Å². The molecule has 0 aromatic heterocycles. The standard InChI is InChI=1S/C15H23NO.CH2O/c1-4-8-14-13(9-7-10-15(14)17)11-12-16(5-2)6-3;1-2/h4,7,9-10,17H,1,5-6,8,11-12H2,2-3H3;1H2. The third kappa shape index (κ3) is 5.71. The van der Waals surface area contributed by atoms with Crippen molar-refractivity contribution < 1.29 is 9.90 Å². The highest BCUT2D eigenvalue weighted by molar-refractivity contribution is 5.40. The molecule has 3 nitrogen and oxygen atoms in total. The van der Waals surface area contributed by atoms with Crippen LogP contribution in [0.25, 0.3) is 0 Å². The maximum Gasteiger partial charge on any atom is 0.119 e. The van der Waals surface area contributed by atoms with Crippen LogP contribution in [-0.4, -0.2) is 36.4 Å². The van der Waals surface area contributed by atoms with Gasteiger partial charge in [0.05, 0.1) is 0 Å². The first-order valence-corrected chi connectivity index (χ1v) is 6.64. The summed E-state index contributed by atoms with van der Waals surface area (Å²) in [5, 5.41) is 9.84. The van der Waals surface area contributed by atoms with E-state index < -0.39 is 0 Å². The van der Waals surface area contributed by atoms with Gasteiger partial charge < -0.3 is 14.8 Å². The lowest BCUT2D eigenvalue weighted by molar-refractivity contribution is -0.0979. The molecule has 1 N–H and O–H groups in total. The number of nitrogens with zero attached hydrogens (tertiary/aromatic N) is 1. The van der Waals surface area contributed by atoms with Crippen LogP contribution >= 0.6 is 0 Å². The molecule has 0 unspecified atom stereocenters. The highest BCUT2D eigenvalue weighted by Crippen LogP contribution is 2.22. The quantitative estimate of drug-likeness (QED) is 0.769. The fourth-order valence-electron chi connectivity index (χ4n) is 2.05. The fraction of sp³-hybridized carbons (Fsp3) is 0.438. The van der Waals surface area contributed by atoms with E-state index in [1.165, 1.54) is 5.56 Å². The average Bonchev–Trinajstić information content (AvgIpc) is 2.45. The summed E-state index contributed by atoms with van der Waals surface area (Å²) in [6.45, 7) is 13.3. The summed E-state index contributed by atoms with van der Waals surface area (Å²) in [4.78, 5) is 10.4. The molecule has 0 saturated heterocycles. The number of benzene rings is 1. The highest BCUT2D eigenvalue weighted by atomic mass is 16.3. The molecule has 0 bridgehead atoms. The molecular formula is C16H25NO2. The zero-order valence-electron chi connectivity index (χ0n) is 12.1. The molecule has 0 fully saturated rings. The van der Waals surface area contributed by atoms with Crippen molar-refractivity contribution in [3.63, 3.8) is 0 Å². The van der Waals surface area contributed by atoms with Gasteiger partial charge in [-0.3, -0.25) is 0 Å². The first-order valence-electron chi connectivity index (χ1n) is 6.64. The Kier molecular flexibility index (Phi) is 9.45. The third-order valence-electron chi connectivity index (χ3n) is 3.19. The van der Waals surface area contributed by atoms with E-state index >= 15 is 0 Å². The van der Waals surface area contributed by atoms with Crippen molar-refractivity contribution in [3.8, 4) is 5.75 Å². The van der Waals surface area contributed by atoms with Crippen molar-refractivity contribution in [1.82, 2.24) is 4.90 Å². The zero-order valence-corrected chi connectivity index (χ0v) is 12.1. The van der Waals surface area contributed by atoms with E-state index in [0.717, 1.165) is 38.0 Å². The second-order valence-corrected chi connectivity index (χ2v) is 4.18. The molecule has 106 valence electrons. The van der Waals surface area contributed by atoms with Crippen LogP contribution in [0.2, 0.25) is 0 Å². The summed E-state index contributed by atoms with van der Waals surface area (Å²) in [5.41, 5.74) is 2.26. The first-order chi connectivity index (χ1) is 9.22. The monoisotopic (exact) mass is 263 g/mol. The lowest BCUT2D eigenvalue weighted by atomic mass is 10.0. The van der Waals surface area contributed by atoms with Gasteiger partial charge in [-0.1, -0.05) is 32.1 Å². The number of hydrogen-bond donors (Lipinski definition) is 1. The van der Waals surface area contributed by atoms with Crippen LogP contribution < -0.4 is 0 Å². The minimum absolute atomic E-state index is 0.391. The van der Waals surface area contributed by atoms with E-state index in [-0.39, 0.29) is 0 Å².